The van der Waals surface area contributed by atoms with Crippen molar-refractivity contribution in [2.75, 3.05) is 33.4 Å². The number of carbonyl (C=O) groups is 1. The zero-order valence-electron chi connectivity index (χ0n) is 11.9. The van der Waals surface area contributed by atoms with Crippen LogP contribution >= 0.6 is 0 Å². The SMILES string of the molecule is COCCCOc1cccc(C(=O)NCC(F)(F)CN)c1. The molecule has 3 N–H and O–H groups in total. The molecule has 118 valence electrons. The van der Waals surface area contributed by atoms with Gasteiger partial charge in [0.1, 0.15) is 5.75 Å². The van der Waals surface area contributed by atoms with Gasteiger partial charge in [-0.25, -0.2) is 8.78 Å². The van der Waals surface area contributed by atoms with E-state index in [1.807, 2.05) is 0 Å². The molecular weight excluding hydrogens is 282 g/mol. The molecule has 0 atom stereocenters. The summed E-state index contributed by atoms with van der Waals surface area (Å²) in [5.41, 5.74) is 5.16. The number of nitrogens with two attached hydrogens (primary N) is 1. The van der Waals surface area contributed by atoms with Crippen molar-refractivity contribution in [2.24, 2.45) is 5.73 Å². The predicted octanol–water partition coefficient (Wildman–Crippen LogP) is 1.43. The van der Waals surface area contributed by atoms with Gasteiger partial charge in [0.2, 0.25) is 0 Å². The molecule has 0 fully saturated rings. The highest BCUT2D eigenvalue weighted by molar-refractivity contribution is 5.94. The van der Waals surface area contributed by atoms with Crippen molar-refractivity contribution in [3.8, 4) is 5.75 Å². The fraction of sp³-hybridized carbons (Fsp3) is 0.500. The number of rotatable bonds is 9. The van der Waals surface area contributed by atoms with Gasteiger partial charge in [-0.1, -0.05) is 6.07 Å². The summed E-state index contributed by atoms with van der Waals surface area (Å²) in [6.07, 6.45) is 0.718. The van der Waals surface area contributed by atoms with E-state index in [1.165, 1.54) is 12.1 Å². The lowest BCUT2D eigenvalue weighted by molar-refractivity contribution is 0.0118. The third kappa shape index (κ3) is 6.50. The second kappa shape index (κ2) is 8.53. The van der Waals surface area contributed by atoms with Gasteiger partial charge in [-0.05, 0) is 18.2 Å². The molecule has 1 aromatic rings. The zero-order valence-corrected chi connectivity index (χ0v) is 11.9. The Morgan fingerprint density at radius 2 is 2.14 bits per heavy atom. The number of halogens is 2. The van der Waals surface area contributed by atoms with Gasteiger partial charge in [0, 0.05) is 25.7 Å². The van der Waals surface area contributed by atoms with Crippen LogP contribution in [-0.2, 0) is 4.74 Å². The summed E-state index contributed by atoms with van der Waals surface area (Å²) in [7, 11) is 1.60. The molecule has 0 saturated carbocycles. The van der Waals surface area contributed by atoms with Gasteiger partial charge in [0.25, 0.3) is 11.8 Å². The largest absolute Gasteiger partial charge is 0.493 e. The Balaban J connectivity index is 2.52. The molecule has 0 aromatic heterocycles. The molecule has 0 spiro atoms. The van der Waals surface area contributed by atoms with E-state index >= 15 is 0 Å². The van der Waals surface area contributed by atoms with Gasteiger partial charge in [0.05, 0.1) is 19.7 Å². The number of nitrogens with one attached hydrogen (secondary N) is 1. The van der Waals surface area contributed by atoms with Gasteiger partial charge < -0.3 is 20.5 Å². The molecule has 5 nitrogen and oxygen atoms in total. The van der Waals surface area contributed by atoms with E-state index in [0.717, 1.165) is 6.42 Å². The minimum atomic E-state index is -3.11. The summed E-state index contributed by atoms with van der Waals surface area (Å²) in [5.74, 6) is -3.20. The Hall–Kier alpha value is -1.73. The fourth-order valence-electron chi connectivity index (χ4n) is 1.50. The quantitative estimate of drug-likeness (QED) is 0.677. The molecule has 1 rings (SSSR count). The zero-order chi connectivity index (χ0) is 15.7. The average molecular weight is 302 g/mol. The summed E-state index contributed by atoms with van der Waals surface area (Å²) < 4.78 is 36.3. The van der Waals surface area contributed by atoms with Crippen LogP contribution in [0.2, 0.25) is 0 Å². The predicted molar refractivity (Wildman–Crippen MR) is 74.8 cm³/mol. The fourth-order valence-corrected chi connectivity index (χ4v) is 1.50. The second-order valence-corrected chi connectivity index (χ2v) is 4.47. The molecule has 7 heteroatoms. The first-order valence-electron chi connectivity index (χ1n) is 6.56. The van der Waals surface area contributed by atoms with Crippen LogP contribution < -0.4 is 15.8 Å². The molecule has 0 aliphatic carbocycles. The highest BCUT2D eigenvalue weighted by Gasteiger charge is 2.27. The molecule has 0 aliphatic rings. The summed E-state index contributed by atoms with van der Waals surface area (Å²) in [6, 6.07) is 6.35. The van der Waals surface area contributed by atoms with Crippen molar-refractivity contribution in [3.05, 3.63) is 29.8 Å². The van der Waals surface area contributed by atoms with E-state index in [-0.39, 0.29) is 5.56 Å². The lowest BCUT2D eigenvalue weighted by atomic mass is 10.2. The molecular formula is C14H20F2N2O3. The maximum absolute atomic E-state index is 13.0. The number of methoxy groups -OCH3 is 1. The third-order valence-electron chi connectivity index (χ3n) is 2.66. The van der Waals surface area contributed by atoms with Crippen LogP contribution in [0, 0.1) is 0 Å². The molecule has 0 saturated heterocycles. The molecule has 21 heavy (non-hydrogen) atoms. The lowest BCUT2D eigenvalue weighted by Crippen LogP contribution is -2.41. The number of amides is 1. The van der Waals surface area contributed by atoms with Crippen molar-refractivity contribution >= 4 is 5.91 Å². The second-order valence-electron chi connectivity index (χ2n) is 4.47. The summed E-state index contributed by atoms with van der Waals surface area (Å²) >= 11 is 0. The van der Waals surface area contributed by atoms with Gasteiger partial charge in [-0.3, -0.25) is 4.79 Å². The summed E-state index contributed by atoms with van der Waals surface area (Å²) in [6.45, 7) is -0.574. The molecule has 0 unspecified atom stereocenters. The number of hydrogen-bond donors (Lipinski definition) is 2. The first kappa shape index (κ1) is 17.3. The van der Waals surface area contributed by atoms with Crippen LogP contribution in [0.4, 0.5) is 8.78 Å². The molecule has 0 heterocycles. The van der Waals surface area contributed by atoms with Gasteiger partial charge in [-0.2, -0.15) is 0 Å². The van der Waals surface area contributed by atoms with Gasteiger partial charge in [0.15, 0.2) is 0 Å². The van der Waals surface area contributed by atoms with Crippen LogP contribution in [0.5, 0.6) is 5.75 Å². The topological polar surface area (TPSA) is 73.6 Å². The molecule has 1 aromatic carbocycles. The Labute approximate surface area is 122 Å². The van der Waals surface area contributed by atoms with Crippen LogP contribution in [0.3, 0.4) is 0 Å². The first-order chi connectivity index (χ1) is 9.98. The van der Waals surface area contributed by atoms with E-state index in [9.17, 15) is 13.6 Å². The molecule has 0 aliphatic heterocycles. The average Bonchev–Trinajstić information content (AvgIpc) is 2.49. The molecule has 0 radical (unpaired) electrons. The third-order valence-corrected chi connectivity index (χ3v) is 2.66. The Kier molecular flexibility index (Phi) is 7.04. The van der Waals surface area contributed by atoms with Gasteiger partial charge >= 0.3 is 0 Å². The normalized spacial score (nSPS) is 11.2. The number of carbonyl (C=O) groups excluding carboxylic acids is 1. The summed E-state index contributed by atoms with van der Waals surface area (Å²) in [4.78, 5) is 11.8. The number of benzene rings is 1. The monoisotopic (exact) mass is 302 g/mol. The Morgan fingerprint density at radius 3 is 2.81 bits per heavy atom. The smallest absolute Gasteiger partial charge is 0.277 e. The maximum Gasteiger partial charge on any atom is 0.277 e. The number of ether oxygens (including phenoxy) is 2. The van der Waals surface area contributed by atoms with Crippen molar-refractivity contribution in [2.45, 2.75) is 12.3 Å². The van der Waals surface area contributed by atoms with E-state index in [0.29, 0.717) is 19.0 Å². The van der Waals surface area contributed by atoms with Gasteiger partial charge in [-0.15, -0.1) is 0 Å². The summed E-state index contributed by atoms with van der Waals surface area (Å²) in [5, 5.41) is 2.15. The Bertz CT molecular complexity index is 456. The number of hydrogen-bond acceptors (Lipinski definition) is 4. The Morgan fingerprint density at radius 1 is 1.38 bits per heavy atom. The van der Waals surface area contributed by atoms with Crippen LogP contribution in [0.1, 0.15) is 16.8 Å². The first-order valence-corrected chi connectivity index (χ1v) is 6.56. The van der Waals surface area contributed by atoms with Crippen LogP contribution in [0.15, 0.2) is 24.3 Å². The highest BCUT2D eigenvalue weighted by atomic mass is 19.3. The minimum absolute atomic E-state index is 0.257. The van der Waals surface area contributed by atoms with Crippen molar-refractivity contribution in [3.63, 3.8) is 0 Å². The van der Waals surface area contributed by atoms with Crippen molar-refractivity contribution in [1.82, 2.24) is 5.32 Å². The van der Waals surface area contributed by atoms with E-state index in [2.05, 4.69) is 5.32 Å². The van der Waals surface area contributed by atoms with Crippen molar-refractivity contribution < 1.29 is 23.0 Å². The van der Waals surface area contributed by atoms with Crippen LogP contribution in [0.25, 0.3) is 0 Å². The molecule has 0 bridgehead atoms. The van der Waals surface area contributed by atoms with E-state index < -0.39 is 24.9 Å². The highest BCUT2D eigenvalue weighted by Crippen LogP contribution is 2.14. The lowest BCUT2D eigenvalue weighted by Gasteiger charge is -2.14. The number of alkyl halides is 2. The van der Waals surface area contributed by atoms with E-state index in [1.54, 1.807) is 19.2 Å². The van der Waals surface area contributed by atoms with Crippen molar-refractivity contribution in [1.29, 1.82) is 0 Å². The maximum atomic E-state index is 13.0. The van der Waals surface area contributed by atoms with E-state index in [4.69, 9.17) is 15.2 Å². The standard InChI is InChI=1S/C14H20F2N2O3/c1-20-6-3-7-21-12-5-2-4-11(8-12)13(19)18-10-14(15,16)9-17/h2,4-5,8H,3,6-7,9-10,17H2,1H3,(H,18,19). The van der Waals surface area contributed by atoms with Crippen LogP contribution in [-0.4, -0.2) is 45.2 Å². The molecule has 1 amide bonds. The minimum Gasteiger partial charge on any atom is -0.493 e.